The molecule has 1 N–H and O–H groups in total. The third-order valence-electron chi connectivity index (χ3n) is 7.43. The van der Waals surface area contributed by atoms with Gasteiger partial charge in [-0.25, -0.2) is 12.7 Å². The fourth-order valence-electron chi connectivity index (χ4n) is 5.09. The minimum Gasteiger partial charge on any atom is -0.379 e. The normalized spacial score (nSPS) is 18.1. The first-order chi connectivity index (χ1) is 19.4. The van der Waals surface area contributed by atoms with Crippen LogP contribution in [0, 0.1) is 0 Å². The van der Waals surface area contributed by atoms with E-state index in [1.807, 2.05) is 49.4 Å². The molecule has 1 atom stereocenters. The maximum absolute atomic E-state index is 13.4. The zero-order chi connectivity index (χ0) is 28.1. The van der Waals surface area contributed by atoms with Crippen molar-refractivity contribution in [1.82, 2.24) is 9.21 Å². The molecule has 0 bridgehead atoms. The second kappa shape index (κ2) is 12.4. The van der Waals surface area contributed by atoms with Crippen molar-refractivity contribution in [2.24, 2.45) is 4.99 Å². The number of anilines is 1. The third kappa shape index (κ3) is 6.18. The molecule has 1 amide bonds. The van der Waals surface area contributed by atoms with Crippen LogP contribution in [-0.2, 0) is 26.1 Å². The number of hydrogen-bond acceptors (Lipinski definition) is 6. The largest absolute Gasteiger partial charge is 0.379 e. The number of carbonyl (C=O) groups is 1. The molecule has 0 saturated carbocycles. The molecule has 2 heterocycles. The van der Waals surface area contributed by atoms with Gasteiger partial charge in [-0.05, 0) is 53.4 Å². The van der Waals surface area contributed by atoms with Crippen LogP contribution in [0.2, 0.25) is 0 Å². The molecule has 1 fully saturated rings. The zero-order valence-corrected chi connectivity index (χ0v) is 23.9. The van der Waals surface area contributed by atoms with Crippen molar-refractivity contribution in [3.63, 3.8) is 0 Å². The van der Waals surface area contributed by atoms with Crippen LogP contribution in [0.4, 0.5) is 11.4 Å². The number of unbranched alkanes of at least 4 members (excludes halogenated alkanes) is 1. The van der Waals surface area contributed by atoms with Crippen LogP contribution in [0.15, 0.2) is 82.7 Å². The predicted octanol–water partition coefficient (Wildman–Crippen LogP) is 4.80. The van der Waals surface area contributed by atoms with Gasteiger partial charge in [0.05, 0.1) is 29.5 Å². The fraction of sp³-hybridized carbons (Fsp3) is 0.355. The Hall–Kier alpha value is -3.37. The molecule has 3 aromatic rings. The van der Waals surface area contributed by atoms with Crippen molar-refractivity contribution in [2.45, 2.75) is 37.1 Å². The highest BCUT2D eigenvalue weighted by Crippen LogP contribution is 2.38. The van der Waals surface area contributed by atoms with Gasteiger partial charge in [0.2, 0.25) is 15.9 Å². The highest BCUT2D eigenvalue weighted by Gasteiger charge is 2.37. The van der Waals surface area contributed by atoms with Crippen molar-refractivity contribution < 1.29 is 17.9 Å². The Bertz CT molecular complexity index is 1470. The van der Waals surface area contributed by atoms with Crippen molar-refractivity contribution in [3.8, 4) is 0 Å². The van der Waals surface area contributed by atoms with Gasteiger partial charge in [-0.3, -0.25) is 14.7 Å². The summed E-state index contributed by atoms with van der Waals surface area (Å²) in [5.41, 5.74) is 4.52. The van der Waals surface area contributed by atoms with Crippen molar-refractivity contribution in [1.29, 1.82) is 0 Å². The van der Waals surface area contributed by atoms with E-state index in [4.69, 9.17) is 9.73 Å². The lowest BCUT2D eigenvalue weighted by atomic mass is 9.90. The number of ether oxygens (including phenoxy) is 1. The highest BCUT2D eigenvalue weighted by molar-refractivity contribution is 7.89. The lowest BCUT2D eigenvalue weighted by molar-refractivity contribution is -0.115. The monoisotopic (exact) mass is 560 g/mol. The van der Waals surface area contributed by atoms with E-state index in [0.717, 1.165) is 56.9 Å². The van der Waals surface area contributed by atoms with Gasteiger partial charge in [-0.15, -0.1) is 0 Å². The lowest BCUT2D eigenvalue weighted by Gasteiger charge is -2.26. The van der Waals surface area contributed by atoms with Crippen LogP contribution < -0.4 is 5.32 Å². The van der Waals surface area contributed by atoms with E-state index >= 15 is 0 Å². The molecule has 2 aliphatic heterocycles. The van der Waals surface area contributed by atoms with E-state index in [9.17, 15) is 13.2 Å². The van der Waals surface area contributed by atoms with Crippen molar-refractivity contribution in [3.05, 3.63) is 89.5 Å². The van der Waals surface area contributed by atoms with E-state index in [1.54, 1.807) is 25.2 Å². The lowest BCUT2D eigenvalue weighted by Crippen LogP contribution is -2.35. The molecule has 0 spiro atoms. The Kier molecular flexibility index (Phi) is 8.75. The summed E-state index contributed by atoms with van der Waals surface area (Å²) in [7, 11) is -2.10. The number of rotatable bonds is 10. The summed E-state index contributed by atoms with van der Waals surface area (Å²) in [6.07, 6.45) is 1.68. The maximum atomic E-state index is 13.4. The van der Waals surface area contributed by atoms with Crippen LogP contribution in [0.3, 0.4) is 0 Å². The summed E-state index contributed by atoms with van der Waals surface area (Å²) in [5, 5.41) is 2.94. The average Bonchev–Trinajstić information content (AvgIpc) is 3.31. The number of carbonyl (C=O) groups excluding carboxylic acids is 1. The van der Waals surface area contributed by atoms with Gasteiger partial charge in [-0.1, -0.05) is 55.8 Å². The number of morpholine rings is 1. The number of aliphatic imine (C=N–C) groups is 1. The fourth-order valence-corrected chi connectivity index (χ4v) is 6.33. The Balaban J connectivity index is 1.49. The summed E-state index contributed by atoms with van der Waals surface area (Å²) in [6, 6.07) is 22.5. The Morgan fingerprint density at radius 2 is 1.77 bits per heavy atom. The van der Waals surface area contributed by atoms with Crippen LogP contribution >= 0.6 is 0 Å². The number of sulfonamides is 1. The Labute approximate surface area is 236 Å². The summed E-state index contributed by atoms with van der Waals surface area (Å²) in [6.45, 7) is 6.66. The van der Waals surface area contributed by atoms with E-state index < -0.39 is 15.9 Å². The number of nitrogens with zero attached hydrogens (tertiary/aromatic N) is 3. The molecule has 0 aromatic heterocycles. The zero-order valence-electron chi connectivity index (χ0n) is 23.0. The quantitative estimate of drug-likeness (QED) is 0.360. The topological polar surface area (TPSA) is 91.3 Å². The van der Waals surface area contributed by atoms with Crippen LogP contribution in [0.1, 0.15) is 42.4 Å². The van der Waals surface area contributed by atoms with Crippen LogP contribution in [0.5, 0.6) is 0 Å². The Morgan fingerprint density at radius 1 is 1.05 bits per heavy atom. The van der Waals surface area contributed by atoms with Gasteiger partial charge in [0.25, 0.3) is 0 Å². The average molecular weight is 561 g/mol. The number of nitrogens with one attached hydrogen (secondary N) is 1. The summed E-state index contributed by atoms with van der Waals surface area (Å²) < 4.78 is 33.5. The molecule has 2 aliphatic rings. The molecule has 0 aliphatic carbocycles. The molecule has 1 unspecified atom stereocenters. The minimum atomic E-state index is -3.70. The van der Waals surface area contributed by atoms with Gasteiger partial charge < -0.3 is 10.1 Å². The number of fused-ring (bicyclic) bond motifs is 1. The third-order valence-corrected chi connectivity index (χ3v) is 9.28. The minimum absolute atomic E-state index is 0.172. The first kappa shape index (κ1) is 28.2. The molecular weight excluding hydrogens is 524 g/mol. The summed E-state index contributed by atoms with van der Waals surface area (Å²) >= 11 is 0. The molecule has 1 saturated heterocycles. The SMILES string of the molecule is CCCCN(C)S(=O)(=O)c1ccc2c(c1)C(C(=Nc1ccc(CN3CCOCC3)cc1)c1ccccc1)C(=O)N2. The standard InChI is InChI=1S/C31H36N4O4S/c1-3-4-16-34(2)40(37,38)26-14-15-28-27(21-26)29(31(36)33-28)30(24-8-6-5-7-9-24)32-25-12-10-23(11-13-25)22-35-17-19-39-20-18-35/h5-15,21,29H,3-4,16-20,22H2,1-2H3,(H,33,36). The van der Waals surface area contributed by atoms with E-state index in [0.29, 0.717) is 23.5 Å². The summed E-state index contributed by atoms with van der Waals surface area (Å²) in [4.78, 5) is 20.9. The predicted molar refractivity (Wildman–Crippen MR) is 158 cm³/mol. The Morgan fingerprint density at radius 3 is 2.48 bits per heavy atom. The van der Waals surface area contributed by atoms with Crippen molar-refractivity contribution in [2.75, 3.05) is 45.2 Å². The van der Waals surface area contributed by atoms with Gasteiger partial charge >= 0.3 is 0 Å². The van der Waals surface area contributed by atoms with Crippen LogP contribution in [0.25, 0.3) is 0 Å². The van der Waals surface area contributed by atoms with Gasteiger partial charge in [0.1, 0.15) is 5.92 Å². The second-order valence-electron chi connectivity index (χ2n) is 10.3. The first-order valence-electron chi connectivity index (χ1n) is 13.8. The van der Waals surface area contributed by atoms with E-state index in [1.165, 1.54) is 9.87 Å². The van der Waals surface area contributed by atoms with E-state index in [2.05, 4.69) is 22.3 Å². The highest BCUT2D eigenvalue weighted by atomic mass is 32.2. The molecule has 0 radical (unpaired) electrons. The molecule has 8 nitrogen and oxygen atoms in total. The molecule has 5 rings (SSSR count). The molecule has 9 heteroatoms. The summed E-state index contributed by atoms with van der Waals surface area (Å²) in [5.74, 6) is -0.975. The number of benzene rings is 3. The van der Waals surface area contributed by atoms with Gasteiger partial charge in [-0.2, -0.15) is 0 Å². The number of amides is 1. The first-order valence-corrected chi connectivity index (χ1v) is 15.2. The van der Waals surface area contributed by atoms with Crippen molar-refractivity contribution >= 4 is 33.0 Å². The molecular formula is C31H36N4O4S. The van der Waals surface area contributed by atoms with Gasteiger partial charge in [0.15, 0.2) is 0 Å². The second-order valence-corrected chi connectivity index (χ2v) is 12.3. The van der Waals surface area contributed by atoms with Crippen LogP contribution in [-0.4, -0.2) is 69.1 Å². The smallest absolute Gasteiger partial charge is 0.242 e. The molecule has 3 aromatic carbocycles. The molecule has 210 valence electrons. The van der Waals surface area contributed by atoms with E-state index in [-0.39, 0.29) is 10.8 Å². The number of hydrogen-bond donors (Lipinski definition) is 1. The molecule has 40 heavy (non-hydrogen) atoms. The maximum Gasteiger partial charge on any atom is 0.242 e. The van der Waals surface area contributed by atoms with Gasteiger partial charge in [0, 0.05) is 38.9 Å².